The molecule has 0 aliphatic heterocycles. The van der Waals surface area contributed by atoms with Crippen LogP contribution in [0.2, 0.25) is 10.0 Å². The molecule has 106 valence electrons. The van der Waals surface area contributed by atoms with Crippen molar-refractivity contribution in [2.75, 3.05) is 0 Å². The molecular formula is C15H21Cl2NO. The Hall–Kier alpha value is -0.730. The largest absolute Gasteiger partial charge is 0.334 e. The number of carbonyl (C=O) groups excluding carboxylic acids is 1. The second kappa shape index (κ2) is 6.62. The standard InChI is InChI=1S/C15H21Cl2NO/c1-6-12-13(7-11(16)8-14(12)17)15(19)18(9(2)3)10(4)5/h7-10H,6H2,1-5H3. The molecule has 1 aromatic carbocycles. The van der Waals surface area contributed by atoms with Crippen molar-refractivity contribution in [2.24, 2.45) is 0 Å². The van der Waals surface area contributed by atoms with Gasteiger partial charge in [0.25, 0.3) is 5.91 Å². The lowest BCUT2D eigenvalue weighted by atomic mass is 10.0. The van der Waals surface area contributed by atoms with Crippen LogP contribution in [-0.2, 0) is 6.42 Å². The molecule has 0 saturated heterocycles. The molecule has 0 radical (unpaired) electrons. The zero-order valence-electron chi connectivity index (χ0n) is 12.1. The van der Waals surface area contributed by atoms with E-state index in [0.717, 1.165) is 5.56 Å². The molecule has 1 rings (SSSR count). The fourth-order valence-electron chi connectivity index (χ4n) is 2.36. The van der Waals surface area contributed by atoms with Gasteiger partial charge in [0.1, 0.15) is 0 Å². The lowest BCUT2D eigenvalue weighted by molar-refractivity contribution is 0.0642. The second-order valence-corrected chi connectivity index (χ2v) is 6.01. The molecule has 0 fully saturated rings. The van der Waals surface area contributed by atoms with E-state index >= 15 is 0 Å². The number of amides is 1. The van der Waals surface area contributed by atoms with E-state index in [2.05, 4.69) is 0 Å². The first kappa shape index (κ1) is 16.3. The van der Waals surface area contributed by atoms with Gasteiger partial charge in [-0.3, -0.25) is 4.79 Å². The second-order valence-electron chi connectivity index (χ2n) is 5.17. The third-order valence-electron chi connectivity index (χ3n) is 3.09. The molecule has 0 spiro atoms. The molecule has 0 aliphatic rings. The summed E-state index contributed by atoms with van der Waals surface area (Å²) in [4.78, 5) is 14.6. The Kier molecular flexibility index (Phi) is 5.69. The summed E-state index contributed by atoms with van der Waals surface area (Å²) in [5.41, 5.74) is 1.48. The first-order valence-electron chi connectivity index (χ1n) is 6.60. The number of carbonyl (C=O) groups is 1. The summed E-state index contributed by atoms with van der Waals surface area (Å²) in [5, 5.41) is 1.06. The quantitative estimate of drug-likeness (QED) is 0.781. The number of nitrogens with zero attached hydrogens (tertiary/aromatic N) is 1. The lowest BCUT2D eigenvalue weighted by Gasteiger charge is -2.31. The van der Waals surface area contributed by atoms with Crippen molar-refractivity contribution in [1.29, 1.82) is 0 Å². The number of hydrogen-bond donors (Lipinski definition) is 0. The first-order chi connectivity index (χ1) is 8.79. The monoisotopic (exact) mass is 301 g/mol. The molecule has 2 nitrogen and oxygen atoms in total. The van der Waals surface area contributed by atoms with E-state index in [4.69, 9.17) is 23.2 Å². The fraction of sp³-hybridized carbons (Fsp3) is 0.533. The minimum absolute atomic E-state index is 0.00810. The van der Waals surface area contributed by atoms with Crippen LogP contribution in [-0.4, -0.2) is 22.9 Å². The van der Waals surface area contributed by atoms with Crippen molar-refractivity contribution in [1.82, 2.24) is 4.90 Å². The van der Waals surface area contributed by atoms with Gasteiger partial charge in [-0.1, -0.05) is 30.1 Å². The van der Waals surface area contributed by atoms with Gasteiger partial charge in [-0.05, 0) is 51.8 Å². The van der Waals surface area contributed by atoms with Crippen LogP contribution >= 0.6 is 23.2 Å². The molecule has 0 N–H and O–H groups in total. The minimum atomic E-state index is -0.00810. The topological polar surface area (TPSA) is 20.3 Å². The molecule has 0 unspecified atom stereocenters. The average Bonchev–Trinajstić information content (AvgIpc) is 2.26. The van der Waals surface area contributed by atoms with Crippen LogP contribution in [0.3, 0.4) is 0 Å². The Morgan fingerprint density at radius 1 is 1.16 bits per heavy atom. The van der Waals surface area contributed by atoms with Gasteiger partial charge in [0, 0.05) is 27.7 Å². The lowest BCUT2D eigenvalue weighted by Crippen LogP contribution is -2.42. The first-order valence-corrected chi connectivity index (χ1v) is 7.35. The molecule has 0 bridgehead atoms. The van der Waals surface area contributed by atoms with Crippen molar-refractivity contribution in [3.63, 3.8) is 0 Å². The highest BCUT2D eigenvalue weighted by molar-refractivity contribution is 6.35. The van der Waals surface area contributed by atoms with Gasteiger partial charge in [-0.15, -0.1) is 0 Å². The molecule has 4 heteroatoms. The maximum absolute atomic E-state index is 12.7. The SMILES string of the molecule is CCc1c(Cl)cc(Cl)cc1C(=O)N(C(C)C)C(C)C. The predicted octanol–water partition coefficient (Wildman–Crippen LogP) is 4.81. The maximum atomic E-state index is 12.7. The number of hydrogen-bond acceptors (Lipinski definition) is 1. The molecule has 0 saturated carbocycles. The van der Waals surface area contributed by atoms with E-state index in [1.165, 1.54) is 0 Å². The van der Waals surface area contributed by atoms with Gasteiger partial charge in [0.15, 0.2) is 0 Å². The number of rotatable bonds is 4. The Morgan fingerprint density at radius 3 is 2.11 bits per heavy atom. The highest BCUT2D eigenvalue weighted by atomic mass is 35.5. The summed E-state index contributed by atoms with van der Waals surface area (Å²) in [6, 6.07) is 3.67. The van der Waals surface area contributed by atoms with Crippen LogP contribution in [0.1, 0.15) is 50.5 Å². The predicted molar refractivity (Wildman–Crippen MR) is 82.3 cm³/mol. The molecule has 0 aromatic heterocycles. The van der Waals surface area contributed by atoms with Crippen LogP contribution < -0.4 is 0 Å². The normalized spacial score (nSPS) is 11.2. The minimum Gasteiger partial charge on any atom is -0.334 e. The molecule has 1 aromatic rings. The molecule has 0 heterocycles. The molecular weight excluding hydrogens is 281 g/mol. The molecule has 1 amide bonds. The maximum Gasteiger partial charge on any atom is 0.254 e. The van der Waals surface area contributed by atoms with Crippen LogP contribution in [0.5, 0.6) is 0 Å². The van der Waals surface area contributed by atoms with E-state index in [1.807, 2.05) is 39.5 Å². The highest BCUT2D eigenvalue weighted by Crippen LogP contribution is 2.27. The molecule has 0 atom stereocenters. The van der Waals surface area contributed by atoms with Crippen LogP contribution in [0.4, 0.5) is 0 Å². The van der Waals surface area contributed by atoms with E-state index in [0.29, 0.717) is 22.0 Å². The van der Waals surface area contributed by atoms with Crippen molar-refractivity contribution in [3.8, 4) is 0 Å². The van der Waals surface area contributed by atoms with Gasteiger partial charge < -0.3 is 4.90 Å². The van der Waals surface area contributed by atoms with Crippen LogP contribution in [0.25, 0.3) is 0 Å². The van der Waals surface area contributed by atoms with Crippen LogP contribution in [0, 0.1) is 0 Å². The third-order valence-corrected chi connectivity index (χ3v) is 3.65. The molecule has 0 aliphatic carbocycles. The summed E-state index contributed by atoms with van der Waals surface area (Å²) in [6.45, 7) is 10.0. The summed E-state index contributed by atoms with van der Waals surface area (Å²) in [6.07, 6.45) is 0.709. The Bertz CT molecular complexity index is 461. The van der Waals surface area contributed by atoms with E-state index in [-0.39, 0.29) is 18.0 Å². The fourth-order valence-corrected chi connectivity index (χ4v) is 2.99. The van der Waals surface area contributed by atoms with Crippen molar-refractivity contribution in [2.45, 2.75) is 53.1 Å². The van der Waals surface area contributed by atoms with Gasteiger partial charge in [-0.2, -0.15) is 0 Å². The highest BCUT2D eigenvalue weighted by Gasteiger charge is 2.24. The van der Waals surface area contributed by atoms with Gasteiger partial charge >= 0.3 is 0 Å². The number of halogens is 2. The summed E-state index contributed by atoms with van der Waals surface area (Å²) < 4.78 is 0. The smallest absolute Gasteiger partial charge is 0.254 e. The zero-order chi connectivity index (χ0) is 14.7. The summed E-state index contributed by atoms with van der Waals surface area (Å²) in [7, 11) is 0. The summed E-state index contributed by atoms with van der Waals surface area (Å²) >= 11 is 12.2. The number of benzene rings is 1. The third kappa shape index (κ3) is 3.64. The van der Waals surface area contributed by atoms with E-state index < -0.39 is 0 Å². The van der Waals surface area contributed by atoms with Crippen LogP contribution in [0.15, 0.2) is 12.1 Å². The Balaban J connectivity index is 3.32. The van der Waals surface area contributed by atoms with Gasteiger partial charge in [0.2, 0.25) is 0 Å². The van der Waals surface area contributed by atoms with Crippen molar-refractivity contribution >= 4 is 29.1 Å². The van der Waals surface area contributed by atoms with E-state index in [1.54, 1.807) is 12.1 Å². The summed E-state index contributed by atoms with van der Waals surface area (Å²) in [5.74, 6) is -0.00810. The van der Waals surface area contributed by atoms with Gasteiger partial charge in [0.05, 0.1) is 0 Å². The Morgan fingerprint density at radius 2 is 1.68 bits per heavy atom. The molecule has 19 heavy (non-hydrogen) atoms. The Labute approximate surface area is 125 Å². The average molecular weight is 302 g/mol. The van der Waals surface area contributed by atoms with Gasteiger partial charge in [-0.25, -0.2) is 0 Å². The zero-order valence-corrected chi connectivity index (χ0v) is 13.6. The van der Waals surface area contributed by atoms with E-state index in [9.17, 15) is 4.79 Å². The van der Waals surface area contributed by atoms with Crippen molar-refractivity contribution in [3.05, 3.63) is 33.3 Å². The van der Waals surface area contributed by atoms with Crippen molar-refractivity contribution < 1.29 is 4.79 Å².